The molecule has 6 nitrogen and oxygen atoms in total. The van der Waals surface area contributed by atoms with Gasteiger partial charge in [0, 0.05) is 24.8 Å². The fourth-order valence-electron chi connectivity index (χ4n) is 1.88. The van der Waals surface area contributed by atoms with Gasteiger partial charge in [-0.2, -0.15) is 5.10 Å². The topological polar surface area (TPSA) is 84.2 Å². The molecule has 0 saturated carbocycles. The molecule has 1 heterocycles. The molecule has 2 N–H and O–H groups in total. The molecule has 0 aliphatic carbocycles. The van der Waals surface area contributed by atoms with Crippen molar-refractivity contribution in [3.63, 3.8) is 0 Å². The summed E-state index contributed by atoms with van der Waals surface area (Å²) in [5.74, 6) is -2.64. The Kier molecular flexibility index (Phi) is 4.34. The largest absolute Gasteiger partial charge is 0.481 e. The van der Waals surface area contributed by atoms with Crippen molar-refractivity contribution in [1.82, 2.24) is 15.1 Å². The first kappa shape index (κ1) is 15.2. The first-order chi connectivity index (χ1) is 8.64. The summed E-state index contributed by atoms with van der Waals surface area (Å²) in [5.41, 5.74) is 1.21. The average molecular weight is 267 g/mol. The molecule has 106 valence electrons. The van der Waals surface area contributed by atoms with Gasteiger partial charge in [-0.3, -0.25) is 14.3 Å². The summed E-state index contributed by atoms with van der Waals surface area (Å²) in [6.07, 6.45) is 1.67. The highest BCUT2D eigenvalue weighted by Crippen LogP contribution is 2.26. The molecule has 1 aromatic rings. The zero-order valence-electron chi connectivity index (χ0n) is 12.0. The third-order valence-corrected chi connectivity index (χ3v) is 3.17. The van der Waals surface area contributed by atoms with Gasteiger partial charge in [-0.05, 0) is 12.3 Å². The Bertz CT molecular complexity index is 486. The summed E-state index contributed by atoms with van der Waals surface area (Å²) in [5, 5.41) is 15.9. The maximum Gasteiger partial charge on any atom is 0.316 e. The molecule has 1 aromatic heterocycles. The number of carbonyl (C=O) groups excluding carboxylic acids is 1. The van der Waals surface area contributed by atoms with Crippen LogP contribution in [0.15, 0.2) is 6.20 Å². The van der Waals surface area contributed by atoms with Crippen LogP contribution in [0.25, 0.3) is 0 Å². The minimum atomic E-state index is -1.10. The van der Waals surface area contributed by atoms with Gasteiger partial charge < -0.3 is 10.4 Å². The van der Waals surface area contributed by atoms with Crippen molar-refractivity contribution in [2.75, 3.05) is 0 Å². The van der Waals surface area contributed by atoms with Crippen molar-refractivity contribution in [3.05, 3.63) is 17.5 Å². The Morgan fingerprint density at radius 3 is 2.42 bits per heavy atom. The number of hydrogen-bond acceptors (Lipinski definition) is 3. The van der Waals surface area contributed by atoms with Crippen LogP contribution in [0, 0.1) is 18.3 Å². The number of carboxylic acids is 1. The first-order valence-corrected chi connectivity index (χ1v) is 6.12. The molecule has 0 aromatic carbocycles. The number of rotatable bonds is 4. The monoisotopic (exact) mass is 267 g/mol. The van der Waals surface area contributed by atoms with E-state index in [-0.39, 0.29) is 0 Å². The average Bonchev–Trinajstić information content (AvgIpc) is 2.54. The van der Waals surface area contributed by atoms with E-state index in [4.69, 9.17) is 5.11 Å². The summed E-state index contributed by atoms with van der Waals surface area (Å²) in [6.45, 7) is 7.40. The number of hydrogen-bond donors (Lipinski definition) is 2. The summed E-state index contributed by atoms with van der Waals surface area (Å²) in [4.78, 5) is 23.2. The van der Waals surface area contributed by atoms with Crippen molar-refractivity contribution in [3.8, 4) is 0 Å². The van der Waals surface area contributed by atoms with E-state index in [2.05, 4.69) is 10.4 Å². The molecule has 0 aliphatic rings. The van der Waals surface area contributed by atoms with Gasteiger partial charge >= 0.3 is 5.97 Å². The first-order valence-electron chi connectivity index (χ1n) is 6.12. The highest BCUT2D eigenvalue weighted by Gasteiger charge is 2.37. The van der Waals surface area contributed by atoms with Crippen LogP contribution >= 0.6 is 0 Å². The van der Waals surface area contributed by atoms with E-state index in [1.807, 2.05) is 14.0 Å². The van der Waals surface area contributed by atoms with Crippen LogP contribution in [0.5, 0.6) is 0 Å². The highest BCUT2D eigenvalue weighted by atomic mass is 16.4. The molecule has 0 fully saturated rings. The van der Waals surface area contributed by atoms with Crippen LogP contribution in [-0.2, 0) is 23.2 Å². The quantitative estimate of drug-likeness (QED) is 0.800. The summed E-state index contributed by atoms with van der Waals surface area (Å²) < 4.78 is 1.71. The second-order valence-electron chi connectivity index (χ2n) is 5.73. The Balaban J connectivity index is 2.74. The SMILES string of the molecule is Cc1c(CNC(=O)C(C(=O)O)C(C)(C)C)cnn1C. The van der Waals surface area contributed by atoms with Crippen LogP contribution < -0.4 is 5.32 Å². The van der Waals surface area contributed by atoms with E-state index in [0.29, 0.717) is 6.54 Å². The maximum atomic E-state index is 12.0. The predicted octanol–water partition coefficient (Wildman–Crippen LogP) is 1.09. The van der Waals surface area contributed by atoms with Crippen LogP contribution in [0.4, 0.5) is 0 Å². The lowest BCUT2D eigenvalue weighted by Crippen LogP contribution is -2.42. The van der Waals surface area contributed by atoms with Crippen LogP contribution in [0.1, 0.15) is 32.0 Å². The van der Waals surface area contributed by atoms with Crippen LogP contribution in [0.3, 0.4) is 0 Å². The minimum Gasteiger partial charge on any atom is -0.481 e. The molecular formula is C13H21N3O3. The summed E-state index contributed by atoms with van der Waals surface area (Å²) in [6, 6.07) is 0. The fourth-order valence-corrected chi connectivity index (χ4v) is 1.88. The van der Waals surface area contributed by atoms with Gasteiger partial charge in [0.15, 0.2) is 0 Å². The zero-order valence-corrected chi connectivity index (χ0v) is 12.0. The van der Waals surface area contributed by atoms with Gasteiger partial charge in [0.1, 0.15) is 5.92 Å². The molecule has 0 radical (unpaired) electrons. The van der Waals surface area contributed by atoms with E-state index in [0.717, 1.165) is 11.3 Å². The van der Waals surface area contributed by atoms with E-state index in [9.17, 15) is 9.59 Å². The Hall–Kier alpha value is -1.85. The molecule has 1 rings (SSSR count). The van der Waals surface area contributed by atoms with Crippen molar-refractivity contribution >= 4 is 11.9 Å². The number of carboxylic acid groups (broad SMARTS) is 1. The molecule has 0 bridgehead atoms. The third kappa shape index (κ3) is 3.56. The second kappa shape index (κ2) is 5.42. The molecule has 1 atom stereocenters. The molecule has 0 spiro atoms. The molecule has 1 amide bonds. The van der Waals surface area contributed by atoms with E-state index in [1.54, 1.807) is 31.6 Å². The molecule has 19 heavy (non-hydrogen) atoms. The standard InChI is InChI=1S/C13H21N3O3/c1-8-9(7-15-16(8)5)6-14-11(17)10(12(18)19)13(2,3)4/h7,10H,6H2,1-5H3,(H,14,17)(H,18,19). The van der Waals surface area contributed by atoms with Crippen molar-refractivity contribution in [2.24, 2.45) is 18.4 Å². The number of aromatic nitrogens is 2. The van der Waals surface area contributed by atoms with E-state index >= 15 is 0 Å². The fraction of sp³-hybridized carbons (Fsp3) is 0.615. The van der Waals surface area contributed by atoms with E-state index in [1.165, 1.54) is 0 Å². The summed E-state index contributed by atoms with van der Waals surface area (Å²) >= 11 is 0. The number of carbonyl (C=O) groups is 2. The Morgan fingerprint density at radius 2 is 2.05 bits per heavy atom. The van der Waals surface area contributed by atoms with Gasteiger partial charge in [0.2, 0.25) is 5.91 Å². The Labute approximate surface area is 112 Å². The number of amides is 1. The molecule has 6 heteroatoms. The normalized spacial score (nSPS) is 13.1. The minimum absolute atomic E-state index is 0.290. The molecule has 0 saturated heterocycles. The highest BCUT2D eigenvalue weighted by molar-refractivity contribution is 5.97. The van der Waals surface area contributed by atoms with Gasteiger partial charge in [0.25, 0.3) is 0 Å². The van der Waals surface area contributed by atoms with E-state index < -0.39 is 23.2 Å². The van der Waals surface area contributed by atoms with Gasteiger partial charge in [0.05, 0.1) is 6.20 Å². The van der Waals surface area contributed by atoms with Crippen molar-refractivity contribution in [1.29, 1.82) is 0 Å². The second-order valence-corrected chi connectivity index (χ2v) is 5.73. The molecular weight excluding hydrogens is 246 g/mol. The lowest BCUT2D eigenvalue weighted by Gasteiger charge is -2.25. The third-order valence-electron chi connectivity index (χ3n) is 3.17. The van der Waals surface area contributed by atoms with Gasteiger partial charge in [-0.15, -0.1) is 0 Å². The smallest absolute Gasteiger partial charge is 0.316 e. The van der Waals surface area contributed by atoms with Crippen LogP contribution in [0.2, 0.25) is 0 Å². The Morgan fingerprint density at radius 1 is 1.47 bits per heavy atom. The van der Waals surface area contributed by atoms with Crippen LogP contribution in [-0.4, -0.2) is 26.8 Å². The molecule has 0 aliphatic heterocycles. The van der Waals surface area contributed by atoms with Crippen molar-refractivity contribution in [2.45, 2.75) is 34.2 Å². The van der Waals surface area contributed by atoms with Gasteiger partial charge in [-0.25, -0.2) is 0 Å². The molecule has 1 unspecified atom stereocenters. The lowest BCUT2D eigenvalue weighted by molar-refractivity contribution is -0.151. The van der Waals surface area contributed by atoms with Gasteiger partial charge in [-0.1, -0.05) is 20.8 Å². The number of nitrogens with zero attached hydrogens (tertiary/aromatic N) is 2. The summed E-state index contributed by atoms with van der Waals surface area (Å²) in [7, 11) is 1.82. The number of nitrogens with one attached hydrogen (secondary N) is 1. The lowest BCUT2D eigenvalue weighted by atomic mass is 9.80. The number of aliphatic carboxylic acids is 1. The van der Waals surface area contributed by atoms with Crippen molar-refractivity contribution < 1.29 is 14.7 Å². The maximum absolute atomic E-state index is 12.0. The number of aryl methyl sites for hydroxylation is 1. The predicted molar refractivity (Wildman–Crippen MR) is 70.4 cm³/mol. The zero-order chi connectivity index (χ0) is 14.8.